The third kappa shape index (κ3) is 9.33. The van der Waals surface area contributed by atoms with Crippen LogP contribution in [0.15, 0.2) is 24.3 Å². The maximum absolute atomic E-state index is 13.2. The predicted octanol–water partition coefficient (Wildman–Crippen LogP) is -0.130. The zero-order chi connectivity index (χ0) is 28.2. The van der Waals surface area contributed by atoms with Crippen molar-refractivity contribution < 1.29 is 33.4 Å². The van der Waals surface area contributed by atoms with Gasteiger partial charge in [0.2, 0.25) is 23.6 Å². The zero-order valence-corrected chi connectivity index (χ0v) is 22.6. The molecule has 0 spiro atoms. The van der Waals surface area contributed by atoms with Crippen LogP contribution in [-0.2, 0) is 23.9 Å². The summed E-state index contributed by atoms with van der Waals surface area (Å²) in [5.74, 6) is -2.73. The molecule has 0 radical (unpaired) electrons. The fourth-order valence-corrected chi connectivity index (χ4v) is 3.73. The molecule has 1 aliphatic rings. The second-order valence-electron chi connectivity index (χ2n) is 9.60. The zero-order valence-electron chi connectivity index (χ0n) is 22.6. The van der Waals surface area contributed by atoms with E-state index in [1.165, 1.54) is 13.0 Å². The Labute approximate surface area is 223 Å². The Balaban J connectivity index is 2.35. The molecule has 4 atom stereocenters. The van der Waals surface area contributed by atoms with Crippen molar-refractivity contribution in [1.29, 1.82) is 0 Å². The molecule has 38 heavy (non-hydrogen) atoms. The van der Waals surface area contributed by atoms with Gasteiger partial charge in [0.25, 0.3) is 5.91 Å². The number of carbonyl (C=O) groups excluding carboxylic acids is 5. The summed E-state index contributed by atoms with van der Waals surface area (Å²) in [4.78, 5) is 64.5. The molecule has 0 bridgehead atoms. The van der Waals surface area contributed by atoms with E-state index in [0.29, 0.717) is 13.0 Å². The molecule has 0 saturated heterocycles. The van der Waals surface area contributed by atoms with Gasteiger partial charge in [0.1, 0.15) is 30.5 Å². The molecule has 1 aromatic carbocycles. The fourth-order valence-electron chi connectivity index (χ4n) is 3.73. The highest BCUT2D eigenvalue weighted by atomic mass is 16.5. The van der Waals surface area contributed by atoms with Gasteiger partial charge in [-0.1, -0.05) is 26.0 Å². The maximum atomic E-state index is 13.2. The van der Waals surface area contributed by atoms with Crippen LogP contribution >= 0.6 is 0 Å². The van der Waals surface area contributed by atoms with Gasteiger partial charge < -0.3 is 36.1 Å². The number of hydrogen-bond acceptors (Lipinski definition) is 7. The molecule has 1 aromatic rings. The lowest BCUT2D eigenvalue weighted by Crippen LogP contribution is -2.56. The molecule has 5 N–H and O–H groups in total. The predicted molar refractivity (Wildman–Crippen MR) is 139 cm³/mol. The number of nitrogens with one attached hydrogen (secondary N) is 5. The molecule has 0 aromatic heterocycles. The van der Waals surface area contributed by atoms with E-state index in [0.717, 1.165) is 0 Å². The van der Waals surface area contributed by atoms with E-state index < -0.39 is 60.1 Å². The van der Waals surface area contributed by atoms with Crippen molar-refractivity contribution >= 4 is 29.5 Å². The number of fused-ring (bicyclic) bond motifs is 1. The van der Waals surface area contributed by atoms with Crippen LogP contribution in [0.1, 0.15) is 50.9 Å². The average molecular weight is 534 g/mol. The minimum Gasteiger partial charge on any atom is -0.491 e. The number of carbonyl (C=O) groups is 5. The monoisotopic (exact) mass is 533 g/mol. The molecule has 2 rings (SSSR count). The van der Waals surface area contributed by atoms with E-state index in [2.05, 4.69) is 26.6 Å². The highest BCUT2D eigenvalue weighted by Crippen LogP contribution is 2.19. The van der Waals surface area contributed by atoms with E-state index in [-0.39, 0.29) is 30.4 Å². The number of amides is 5. The molecule has 5 amide bonds. The number of rotatable bonds is 6. The van der Waals surface area contributed by atoms with E-state index in [1.54, 1.807) is 46.1 Å². The molecule has 0 fully saturated rings. The average Bonchev–Trinajstić information content (AvgIpc) is 2.87. The Morgan fingerprint density at radius 2 is 1.76 bits per heavy atom. The van der Waals surface area contributed by atoms with Crippen molar-refractivity contribution in [2.24, 2.45) is 5.92 Å². The first-order chi connectivity index (χ1) is 18.0. The van der Waals surface area contributed by atoms with Crippen LogP contribution in [0, 0.1) is 5.92 Å². The minimum absolute atomic E-state index is 0.0503. The molecule has 1 heterocycles. The van der Waals surface area contributed by atoms with Gasteiger partial charge in [-0.2, -0.15) is 0 Å². The molecular weight excluding hydrogens is 494 g/mol. The van der Waals surface area contributed by atoms with Gasteiger partial charge in [-0.05, 0) is 38.3 Å². The summed E-state index contributed by atoms with van der Waals surface area (Å²) in [5, 5.41) is 13.3. The standard InChI is InChI=1S/C26H39N5O7/c1-15(2)22-26(36)28-16(3)14-38-20-10-7-6-9-18(20)24(34)30-19(25(35)27-11-8-12-37-5)13-21(32)29-17(4)23(33)31-22/h6-7,9-10,15-17,19,22H,8,11-14H2,1-5H3,(H,27,35)(H,28,36)(H,29,32)(H,30,34)(H,31,33)/t16-,17-,19-,22+/m0/s1. The highest BCUT2D eigenvalue weighted by Gasteiger charge is 2.30. The van der Waals surface area contributed by atoms with E-state index in [9.17, 15) is 24.0 Å². The van der Waals surface area contributed by atoms with Crippen LogP contribution < -0.4 is 31.3 Å². The SMILES string of the molecule is COCCCNC(=O)[C@@H]1CC(=O)N[C@@H](C)C(=O)N[C@H](C(C)C)C(=O)N[C@@H](C)COc2ccccc2C(=O)N1. The second kappa shape index (κ2) is 14.9. The van der Waals surface area contributed by atoms with Gasteiger partial charge in [-0.15, -0.1) is 0 Å². The van der Waals surface area contributed by atoms with Crippen molar-refractivity contribution in [2.45, 2.75) is 64.7 Å². The normalized spacial score (nSPS) is 23.6. The summed E-state index contributed by atoms with van der Waals surface area (Å²) < 4.78 is 10.8. The van der Waals surface area contributed by atoms with Gasteiger partial charge in [0.05, 0.1) is 18.0 Å². The van der Waals surface area contributed by atoms with Gasteiger partial charge in [0.15, 0.2) is 0 Å². The topological polar surface area (TPSA) is 164 Å². The minimum atomic E-state index is -1.21. The van der Waals surface area contributed by atoms with Crippen LogP contribution in [0.3, 0.4) is 0 Å². The number of para-hydroxylation sites is 1. The quantitative estimate of drug-likeness (QED) is 0.318. The van der Waals surface area contributed by atoms with Crippen LogP contribution in [0.4, 0.5) is 0 Å². The van der Waals surface area contributed by atoms with Crippen LogP contribution in [0.5, 0.6) is 5.75 Å². The Kier molecular flexibility index (Phi) is 12.0. The lowest BCUT2D eigenvalue weighted by Gasteiger charge is -2.25. The van der Waals surface area contributed by atoms with Crippen LogP contribution in [0.25, 0.3) is 0 Å². The first-order valence-electron chi connectivity index (χ1n) is 12.7. The number of methoxy groups -OCH3 is 1. The van der Waals surface area contributed by atoms with Gasteiger partial charge >= 0.3 is 0 Å². The third-order valence-electron chi connectivity index (χ3n) is 5.86. The van der Waals surface area contributed by atoms with Crippen LogP contribution in [-0.4, -0.2) is 80.6 Å². The molecule has 12 heteroatoms. The van der Waals surface area contributed by atoms with Crippen LogP contribution in [0.2, 0.25) is 0 Å². The van der Waals surface area contributed by atoms with Gasteiger partial charge in [0, 0.05) is 20.3 Å². The van der Waals surface area contributed by atoms with E-state index >= 15 is 0 Å². The largest absolute Gasteiger partial charge is 0.491 e. The Morgan fingerprint density at radius 1 is 1.05 bits per heavy atom. The van der Waals surface area contributed by atoms with E-state index in [4.69, 9.17) is 9.47 Å². The molecule has 0 unspecified atom stereocenters. The smallest absolute Gasteiger partial charge is 0.255 e. The summed E-state index contributed by atoms with van der Waals surface area (Å²) in [7, 11) is 1.54. The third-order valence-corrected chi connectivity index (χ3v) is 5.86. The summed E-state index contributed by atoms with van der Waals surface area (Å²) >= 11 is 0. The van der Waals surface area contributed by atoms with Crippen molar-refractivity contribution in [3.63, 3.8) is 0 Å². The first kappa shape index (κ1) is 30.6. The van der Waals surface area contributed by atoms with Crippen molar-refractivity contribution in [3.8, 4) is 5.75 Å². The summed E-state index contributed by atoms with van der Waals surface area (Å²) in [6.07, 6.45) is 0.137. The second-order valence-corrected chi connectivity index (χ2v) is 9.60. The molecule has 0 aliphatic carbocycles. The number of ether oxygens (including phenoxy) is 2. The molecule has 210 valence electrons. The number of hydrogen-bond donors (Lipinski definition) is 5. The van der Waals surface area contributed by atoms with E-state index in [1.807, 2.05) is 0 Å². The van der Waals surface area contributed by atoms with Crippen molar-refractivity contribution in [2.75, 3.05) is 26.9 Å². The summed E-state index contributed by atoms with van der Waals surface area (Å²) in [5.41, 5.74) is 0.165. The number of benzene rings is 1. The molecule has 1 aliphatic heterocycles. The highest BCUT2D eigenvalue weighted by molar-refractivity contribution is 6.01. The van der Waals surface area contributed by atoms with Gasteiger partial charge in [-0.25, -0.2) is 0 Å². The summed E-state index contributed by atoms with van der Waals surface area (Å²) in [6, 6.07) is 2.98. The lowest BCUT2D eigenvalue weighted by molar-refractivity contribution is -0.133. The molecule has 0 saturated carbocycles. The lowest BCUT2D eigenvalue weighted by atomic mass is 10.0. The van der Waals surface area contributed by atoms with Crippen molar-refractivity contribution in [3.05, 3.63) is 29.8 Å². The first-order valence-corrected chi connectivity index (χ1v) is 12.7. The Bertz CT molecular complexity index is 1000. The summed E-state index contributed by atoms with van der Waals surface area (Å²) in [6.45, 7) is 7.57. The van der Waals surface area contributed by atoms with Crippen molar-refractivity contribution in [1.82, 2.24) is 26.6 Å². The Hall–Kier alpha value is -3.67. The maximum Gasteiger partial charge on any atom is 0.255 e. The molecular formula is C26H39N5O7. The fraction of sp³-hybridized carbons (Fsp3) is 0.577. The molecule has 12 nitrogen and oxygen atoms in total. The van der Waals surface area contributed by atoms with Gasteiger partial charge in [-0.3, -0.25) is 24.0 Å². The Morgan fingerprint density at radius 3 is 2.45 bits per heavy atom.